The monoisotopic (exact) mass is 420 g/mol. The molecular weight excluding hydrogens is 380 g/mol. The first kappa shape index (κ1) is 20.4. The van der Waals surface area contributed by atoms with E-state index < -0.39 is 17.4 Å². The maximum absolute atomic E-state index is 11.9. The van der Waals surface area contributed by atoms with Crippen molar-refractivity contribution in [1.29, 1.82) is 0 Å². The first-order valence-corrected chi connectivity index (χ1v) is 12.3. The van der Waals surface area contributed by atoms with Crippen LogP contribution in [0.15, 0.2) is 0 Å². The predicted octanol–water partition coefficient (Wildman–Crippen LogP) is 4.61. The molecule has 2 spiro atoms. The molecule has 170 valence electrons. The second-order valence-electron chi connectivity index (χ2n) is 12.8. The average Bonchev–Trinajstić information content (AvgIpc) is 2.83. The van der Waals surface area contributed by atoms with Crippen molar-refractivity contribution in [2.45, 2.75) is 116 Å². The lowest BCUT2D eigenvalue weighted by Crippen LogP contribution is -2.72. The van der Waals surface area contributed by atoms with Crippen molar-refractivity contribution >= 4 is 0 Å². The minimum absolute atomic E-state index is 0.0145. The minimum atomic E-state index is -0.556. The van der Waals surface area contributed by atoms with Crippen LogP contribution in [-0.4, -0.2) is 41.3 Å². The summed E-state index contributed by atoms with van der Waals surface area (Å²) in [4.78, 5) is 0. The van der Waals surface area contributed by atoms with Gasteiger partial charge in [0.25, 0.3) is 0 Å². The van der Waals surface area contributed by atoms with Crippen LogP contribution in [0.25, 0.3) is 0 Å². The fourth-order valence-corrected chi connectivity index (χ4v) is 9.70. The van der Waals surface area contributed by atoms with E-state index in [1.807, 2.05) is 27.7 Å². The van der Waals surface area contributed by atoms with Gasteiger partial charge in [-0.25, -0.2) is 0 Å². The van der Waals surface area contributed by atoms with Gasteiger partial charge in [0.05, 0.1) is 18.8 Å². The Morgan fingerprint density at radius 3 is 2.27 bits per heavy atom. The summed E-state index contributed by atoms with van der Waals surface area (Å²) in [5, 5.41) is 11.9. The molecule has 2 heterocycles. The van der Waals surface area contributed by atoms with Crippen molar-refractivity contribution in [2.75, 3.05) is 6.61 Å². The third-order valence-corrected chi connectivity index (χ3v) is 10.7. The highest BCUT2D eigenvalue weighted by molar-refractivity contribution is 5.23. The van der Waals surface area contributed by atoms with Gasteiger partial charge >= 0.3 is 0 Å². The highest BCUT2D eigenvalue weighted by atomic mass is 16.9. The van der Waals surface area contributed by atoms with Gasteiger partial charge in [-0.2, -0.15) is 0 Å². The molecule has 2 bridgehead atoms. The Morgan fingerprint density at radius 1 is 0.833 bits per heavy atom. The molecule has 2 saturated heterocycles. The zero-order valence-electron chi connectivity index (χ0n) is 19.6. The Balaban J connectivity index is 1.36. The molecule has 6 fully saturated rings. The van der Waals surface area contributed by atoms with Crippen LogP contribution < -0.4 is 0 Å². The summed E-state index contributed by atoms with van der Waals surface area (Å²) < 4.78 is 25.4. The normalized spacial score (nSPS) is 57.1. The van der Waals surface area contributed by atoms with Crippen LogP contribution in [-0.2, 0) is 18.9 Å². The van der Waals surface area contributed by atoms with E-state index in [1.54, 1.807) is 0 Å². The number of ether oxygens (including phenoxy) is 4. The standard InChI is InChI=1S/C25H40O5/c1-20(2)27-14-22(5)17-8-7-15-13-16-19(26)24(15,23(17,6)10-9-18(22)28-20)11-12-25(16)29-21(3,4)30-25/h15-19,26H,7-14H2,1-6H3/t15-,16+,17-,18+,19-,22-,23-,24?/m0/s1. The van der Waals surface area contributed by atoms with E-state index in [1.165, 1.54) is 12.8 Å². The Kier molecular flexibility index (Phi) is 3.84. The summed E-state index contributed by atoms with van der Waals surface area (Å²) in [6, 6.07) is 0. The third-order valence-electron chi connectivity index (χ3n) is 10.7. The number of aliphatic hydroxyl groups is 1. The van der Waals surface area contributed by atoms with Crippen molar-refractivity contribution in [3.05, 3.63) is 0 Å². The van der Waals surface area contributed by atoms with Gasteiger partial charge in [-0.05, 0) is 83.5 Å². The second-order valence-corrected chi connectivity index (χ2v) is 12.8. The van der Waals surface area contributed by atoms with Crippen LogP contribution in [0.2, 0.25) is 0 Å². The maximum Gasteiger partial charge on any atom is 0.180 e. The van der Waals surface area contributed by atoms with Gasteiger partial charge in [0.1, 0.15) is 0 Å². The number of fused-ring (bicyclic) bond motifs is 5. The maximum atomic E-state index is 11.9. The number of aliphatic hydroxyl groups excluding tert-OH is 1. The van der Waals surface area contributed by atoms with Gasteiger partial charge in [0.2, 0.25) is 0 Å². The molecule has 0 radical (unpaired) electrons. The number of hydrogen-bond donors (Lipinski definition) is 1. The highest BCUT2D eigenvalue weighted by Crippen LogP contribution is 2.77. The van der Waals surface area contributed by atoms with Crippen LogP contribution in [0.4, 0.5) is 0 Å². The first-order chi connectivity index (χ1) is 13.9. The molecule has 0 aromatic carbocycles. The van der Waals surface area contributed by atoms with Crippen LogP contribution in [0, 0.1) is 34.0 Å². The lowest BCUT2D eigenvalue weighted by Gasteiger charge is -2.70. The summed E-state index contributed by atoms with van der Waals surface area (Å²) in [6.07, 6.45) is 7.46. The average molecular weight is 421 g/mol. The molecule has 0 aromatic rings. The summed E-state index contributed by atoms with van der Waals surface area (Å²) in [6.45, 7) is 13.7. The zero-order valence-corrected chi connectivity index (χ0v) is 19.6. The Morgan fingerprint density at radius 2 is 1.57 bits per heavy atom. The molecule has 4 aliphatic carbocycles. The van der Waals surface area contributed by atoms with Crippen LogP contribution >= 0.6 is 0 Å². The summed E-state index contributed by atoms with van der Waals surface area (Å²) in [5.74, 6) is -0.384. The molecule has 0 aromatic heterocycles. The predicted molar refractivity (Wildman–Crippen MR) is 111 cm³/mol. The van der Waals surface area contributed by atoms with E-state index in [4.69, 9.17) is 18.9 Å². The van der Waals surface area contributed by atoms with E-state index in [0.717, 1.165) is 38.7 Å². The van der Waals surface area contributed by atoms with Gasteiger partial charge < -0.3 is 24.1 Å². The molecule has 5 nitrogen and oxygen atoms in total. The van der Waals surface area contributed by atoms with Crippen LogP contribution in [0.1, 0.15) is 86.5 Å². The molecule has 6 aliphatic rings. The van der Waals surface area contributed by atoms with Crippen molar-refractivity contribution in [1.82, 2.24) is 0 Å². The van der Waals surface area contributed by atoms with Gasteiger partial charge in [0.15, 0.2) is 17.4 Å². The quantitative estimate of drug-likeness (QED) is 0.620. The lowest BCUT2D eigenvalue weighted by atomic mass is 9.38. The molecule has 8 atom stereocenters. The zero-order chi connectivity index (χ0) is 21.4. The lowest BCUT2D eigenvalue weighted by molar-refractivity contribution is -0.524. The third kappa shape index (κ3) is 2.22. The summed E-state index contributed by atoms with van der Waals surface area (Å²) >= 11 is 0. The smallest absolute Gasteiger partial charge is 0.180 e. The van der Waals surface area contributed by atoms with Crippen LogP contribution in [0.3, 0.4) is 0 Å². The molecule has 0 amide bonds. The van der Waals surface area contributed by atoms with E-state index in [9.17, 15) is 5.11 Å². The number of hydrogen-bond acceptors (Lipinski definition) is 5. The first-order valence-electron chi connectivity index (χ1n) is 12.3. The Hall–Kier alpha value is -0.200. The fourth-order valence-electron chi connectivity index (χ4n) is 9.70. The highest BCUT2D eigenvalue weighted by Gasteiger charge is 2.77. The molecule has 1 unspecified atom stereocenters. The van der Waals surface area contributed by atoms with Crippen molar-refractivity contribution in [2.24, 2.45) is 34.0 Å². The van der Waals surface area contributed by atoms with Crippen molar-refractivity contribution < 1.29 is 24.1 Å². The fraction of sp³-hybridized carbons (Fsp3) is 1.00. The molecule has 1 N–H and O–H groups in total. The van der Waals surface area contributed by atoms with Crippen LogP contribution in [0.5, 0.6) is 0 Å². The SMILES string of the molecule is CC1(C)OC[C@]2(C)[C@@H](CC[C@@]3(C)[C@H]2CC[C@H]2C[C@@H]4[C@H](O)C23CCC42OC(C)(C)O2)O1. The molecular formula is C25H40O5. The minimum Gasteiger partial charge on any atom is -0.392 e. The second kappa shape index (κ2) is 5.64. The molecule has 2 aliphatic heterocycles. The van der Waals surface area contributed by atoms with Crippen molar-refractivity contribution in [3.63, 3.8) is 0 Å². The number of rotatable bonds is 0. The largest absolute Gasteiger partial charge is 0.392 e. The Labute approximate surface area is 181 Å². The topological polar surface area (TPSA) is 57.2 Å². The molecule has 6 rings (SSSR count). The van der Waals surface area contributed by atoms with Gasteiger partial charge in [-0.15, -0.1) is 0 Å². The summed E-state index contributed by atoms with van der Waals surface area (Å²) in [7, 11) is 0. The Bertz CT molecular complexity index is 755. The van der Waals surface area contributed by atoms with Crippen molar-refractivity contribution in [3.8, 4) is 0 Å². The van der Waals surface area contributed by atoms with Gasteiger partial charge in [-0.1, -0.05) is 13.8 Å². The van der Waals surface area contributed by atoms with E-state index >= 15 is 0 Å². The van der Waals surface area contributed by atoms with E-state index in [-0.39, 0.29) is 34.4 Å². The van der Waals surface area contributed by atoms with Gasteiger partial charge in [0, 0.05) is 23.2 Å². The summed E-state index contributed by atoms with van der Waals surface area (Å²) in [5.41, 5.74) is 0.0876. The van der Waals surface area contributed by atoms with Gasteiger partial charge in [-0.3, -0.25) is 0 Å². The van der Waals surface area contributed by atoms with E-state index in [2.05, 4.69) is 13.8 Å². The van der Waals surface area contributed by atoms with E-state index in [0.29, 0.717) is 11.8 Å². The molecule has 5 heteroatoms. The molecule has 4 saturated carbocycles. The molecule has 30 heavy (non-hydrogen) atoms.